The Morgan fingerprint density at radius 2 is 1.84 bits per heavy atom. The Morgan fingerprint density at radius 1 is 1.16 bits per heavy atom. The van der Waals surface area contributed by atoms with Crippen LogP contribution >= 0.6 is 0 Å². The molecule has 0 atom stereocenters. The monoisotopic (exact) mass is 257 g/mol. The molecule has 5 nitrogen and oxygen atoms in total. The van der Waals surface area contributed by atoms with Crippen LogP contribution in [0.15, 0.2) is 24.5 Å². The molecule has 0 spiro atoms. The van der Waals surface area contributed by atoms with Crippen LogP contribution in [0.3, 0.4) is 0 Å². The van der Waals surface area contributed by atoms with Gasteiger partial charge in [-0.15, -0.1) is 5.10 Å². The fourth-order valence-electron chi connectivity index (χ4n) is 2.03. The maximum atomic E-state index is 5.85. The van der Waals surface area contributed by atoms with E-state index in [2.05, 4.69) is 20.1 Å². The highest BCUT2D eigenvalue weighted by Gasteiger charge is 2.13. The van der Waals surface area contributed by atoms with Crippen molar-refractivity contribution in [3.8, 4) is 0 Å². The second kappa shape index (κ2) is 5.75. The van der Waals surface area contributed by atoms with Crippen LogP contribution in [0.5, 0.6) is 0 Å². The molecular weight excluding hydrogens is 238 g/mol. The number of nitrogens with two attached hydrogens (primary N) is 1. The molecule has 5 heteroatoms. The molecule has 0 aliphatic carbocycles. The molecule has 0 saturated carbocycles. The maximum absolute atomic E-state index is 5.85. The van der Waals surface area contributed by atoms with Crippen molar-refractivity contribution in [1.29, 1.82) is 0 Å². The van der Waals surface area contributed by atoms with Gasteiger partial charge in [-0.05, 0) is 37.1 Å². The van der Waals surface area contributed by atoms with Crippen molar-refractivity contribution in [1.82, 2.24) is 15.2 Å². The number of hydrogen-bond acceptors (Lipinski definition) is 5. The third-order valence-corrected chi connectivity index (χ3v) is 3.29. The molecule has 2 heterocycles. The number of pyridine rings is 1. The van der Waals surface area contributed by atoms with E-state index in [1.54, 1.807) is 12.4 Å². The van der Waals surface area contributed by atoms with Gasteiger partial charge in [0.05, 0.1) is 5.69 Å². The van der Waals surface area contributed by atoms with Gasteiger partial charge in [0.1, 0.15) is 0 Å². The van der Waals surface area contributed by atoms with E-state index in [9.17, 15) is 0 Å². The van der Waals surface area contributed by atoms with Crippen molar-refractivity contribution in [3.63, 3.8) is 0 Å². The number of hydrogen-bond donors (Lipinski definition) is 1. The first-order valence-electron chi connectivity index (χ1n) is 6.26. The largest absolute Gasteiger partial charge is 0.354 e. The van der Waals surface area contributed by atoms with Crippen LogP contribution in [0.2, 0.25) is 0 Å². The lowest BCUT2D eigenvalue weighted by Gasteiger charge is -2.21. The highest BCUT2D eigenvalue weighted by atomic mass is 15.2. The maximum Gasteiger partial charge on any atom is 0.156 e. The molecule has 0 unspecified atom stereocenters. The van der Waals surface area contributed by atoms with Crippen molar-refractivity contribution < 1.29 is 0 Å². The molecule has 0 bridgehead atoms. The number of aryl methyl sites for hydroxylation is 1. The average Bonchev–Trinajstić information content (AvgIpc) is 2.42. The molecule has 0 radical (unpaired) electrons. The highest BCUT2D eigenvalue weighted by molar-refractivity contribution is 5.50. The number of nitrogens with zero attached hydrogens (tertiary/aromatic N) is 4. The van der Waals surface area contributed by atoms with Crippen LogP contribution in [0, 0.1) is 13.8 Å². The lowest BCUT2D eigenvalue weighted by molar-refractivity contribution is 0.822. The predicted octanol–water partition coefficient (Wildman–Crippen LogP) is 1.58. The van der Waals surface area contributed by atoms with E-state index in [-0.39, 0.29) is 0 Å². The Hall–Kier alpha value is -2.01. The number of rotatable bonds is 4. The second-order valence-corrected chi connectivity index (χ2v) is 4.63. The summed E-state index contributed by atoms with van der Waals surface area (Å²) in [6.07, 6.45) is 3.58. The zero-order valence-corrected chi connectivity index (χ0v) is 11.6. The van der Waals surface area contributed by atoms with Gasteiger partial charge in [0.15, 0.2) is 5.82 Å². The Morgan fingerprint density at radius 3 is 2.47 bits per heavy atom. The van der Waals surface area contributed by atoms with Crippen LogP contribution in [0.1, 0.15) is 22.4 Å². The van der Waals surface area contributed by atoms with E-state index < -0.39 is 0 Å². The van der Waals surface area contributed by atoms with Gasteiger partial charge in [0.2, 0.25) is 0 Å². The molecular formula is C14H19N5. The van der Waals surface area contributed by atoms with Gasteiger partial charge in [0, 0.05) is 38.1 Å². The summed E-state index contributed by atoms with van der Waals surface area (Å²) in [5.74, 6) is 0.849. The lowest BCUT2D eigenvalue weighted by Crippen LogP contribution is -2.22. The van der Waals surface area contributed by atoms with Gasteiger partial charge in [-0.25, -0.2) is 0 Å². The van der Waals surface area contributed by atoms with Crippen molar-refractivity contribution in [3.05, 3.63) is 46.9 Å². The Bertz CT molecular complexity index is 553. The van der Waals surface area contributed by atoms with E-state index >= 15 is 0 Å². The van der Waals surface area contributed by atoms with Crippen molar-refractivity contribution >= 4 is 5.82 Å². The smallest absolute Gasteiger partial charge is 0.156 e. The van der Waals surface area contributed by atoms with Crippen molar-refractivity contribution in [2.75, 3.05) is 11.9 Å². The molecule has 0 aromatic carbocycles. The number of anilines is 1. The molecule has 0 amide bonds. The number of aromatic nitrogens is 3. The summed E-state index contributed by atoms with van der Waals surface area (Å²) in [7, 11) is 2.00. The van der Waals surface area contributed by atoms with Crippen LogP contribution in [-0.2, 0) is 13.1 Å². The van der Waals surface area contributed by atoms with Crippen LogP contribution in [0.4, 0.5) is 5.82 Å². The topological polar surface area (TPSA) is 67.9 Å². The lowest BCUT2D eigenvalue weighted by atomic mass is 10.1. The van der Waals surface area contributed by atoms with Crippen molar-refractivity contribution in [2.45, 2.75) is 26.9 Å². The molecule has 0 aliphatic rings. The Labute approximate surface area is 113 Å². The zero-order chi connectivity index (χ0) is 13.8. The molecule has 2 rings (SSSR count). The van der Waals surface area contributed by atoms with E-state index in [0.29, 0.717) is 6.54 Å². The molecule has 0 saturated heterocycles. The first-order valence-corrected chi connectivity index (χ1v) is 6.26. The minimum atomic E-state index is 0.470. The molecule has 2 aromatic heterocycles. The molecule has 0 fully saturated rings. The van der Waals surface area contributed by atoms with Gasteiger partial charge in [-0.1, -0.05) is 0 Å². The predicted molar refractivity (Wildman–Crippen MR) is 75.7 cm³/mol. The Balaban J connectivity index is 2.29. The quantitative estimate of drug-likeness (QED) is 0.900. The molecule has 2 N–H and O–H groups in total. The van der Waals surface area contributed by atoms with E-state index in [4.69, 9.17) is 5.73 Å². The van der Waals surface area contributed by atoms with Gasteiger partial charge >= 0.3 is 0 Å². The molecule has 19 heavy (non-hydrogen) atoms. The summed E-state index contributed by atoms with van der Waals surface area (Å²) in [5, 5.41) is 8.48. The van der Waals surface area contributed by atoms with Gasteiger partial charge in [-0.3, -0.25) is 4.98 Å². The summed E-state index contributed by atoms with van der Waals surface area (Å²) in [6.45, 7) is 5.22. The minimum Gasteiger partial charge on any atom is -0.354 e. The van der Waals surface area contributed by atoms with Crippen LogP contribution in [0.25, 0.3) is 0 Å². The van der Waals surface area contributed by atoms with Gasteiger partial charge < -0.3 is 10.6 Å². The van der Waals surface area contributed by atoms with Crippen molar-refractivity contribution in [2.24, 2.45) is 5.73 Å². The summed E-state index contributed by atoms with van der Waals surface area (Å²) < 4.78 is 0. The van der Waals surface area contributed by atoms with Crippen LogP contribution < -0.4 is 10.6 Å². The normalized spacial score (nSPS) is 10.5. The standard InChI is InChI=1S/C14H19N5/c1-10-11(2)17-18-14(13(10)8-15)19(3)9-12-4-6-16-7-5-12/h4-7H,8-9,15H2,1-3H3. The summed E-state index contributed by atoms with van der Waals surface area (Å²) >= 11 is 0. The minimum absolute atomic E-state index is 0.470. The van der Waals surface area contributed by atoms with Crippen LogP contribution in [-0.4, -0.2) is 22.2 Å². The van der Waals surface area contributed by atoms with Gasteiger partial charge in [0.25, 0.3) is 0 Å². The average molecular weight is 257 g/mol. The molecule has 2 aromatic rings. The summed E-state index contributed by atoms with van der Waals surface area (Å²) in [4.78, 5) is 6.08. The fraction of sp³-hybridized carbons (Fsp3) is 0.357. The first-order chi connectivity index (χ1) is 9.13. The van der Waals surface area contributed by atoms with E-state index in [1.165, 1.54) is 5.56 Å². The summed E-state index contributed by atoms with van der Waals surface area (Å²) in [6, 6.07) is 3.99. The third-order valence-electron chi connectivity index (χ3n) is 3.29. The highest BCUT2D eigenvalue weighted by Crippen LogP contribution is 2.21. The molecule has 100 valence electrons. The van der Waals surface area contributed by atoms with E-state index in [0.717, 1.165) is 29.2 Å². The SMILES string of the molecule is Cc1nnc(N(C)Cc2ccncc2)c(CN)c1C. The zero-order valence-electron chi connectivity index (χ0n) is 11.6. The second-order valence-electron chi connectivity index (χ2n) is 4.63. The summed E-state index contributed by atoms with van der Waals surface area (Å²) in [5.41, 5.74) is 10.1. The van der Waals surface area contributed by atoms with Gasteiger partial charge in [-0.2, -0.15) is 5.10 Å². The fourth-order valence-corrected chi connectivity index (χ4v) is 2.03. The first kappa shape index (κ1) is 13.4. The Kier molecular flexibility index (Phi) is 4.06. The third kappa shape index (κ3) is 2.88. The molecule has 0 aliphatic heterocycles. The van der Waals surface area contributed by atoms with E-state index in [1.807, 2.05) is 33.0 Å².